The van der Waals surface area contributed by atoms with Gasteiger partial charge in [0.2, 0.25) is 0 Å². The maximum absolute atomic E-state index is 12.5. The number of hydrogen-bond donors (Lipinski definition) is 1. The van der Waals surface area contributed by atoms with Gasteiger partial charge in [-0.1, -0.05) is 57.9 Å². The fourth-order valence-electron chi connectivity index (χ4n) is 2.25. The van der Waals surface area contributed by atoms with Gasteiger partial charge in [-0.2, -0.15) is 5.10 Å². The van der Waals surface area contributed by atoms with Crippen LogP contribution >= 0.6 is 31.9 Å². The largest absolute Gasteiger partial charge is 0.493 e. The van der Waals surface area contributed by atoms with E-state index in [1.807, 2.05) is 18.2 Å². The number of unbranched alkanes of at least 4 members (excludes halogenated alkanes) is 1. The lowest BCUT2D eigenvalue weighted by atomic mass is 10.2. The van der Waals surface area contributed by atoms with Gasteiger partial charge in [-0.15, -0.1) is 0 Å². The number of ether oxygens (including phenoxy) is 2. The Balaban J connectivity index is 2.12. The molecule has 1 amide bonds. The van der Waals surface area contributed by atoms with Crippen LogP contribution in [0.5, 0.6) is 11.5 Å². The number of amides is 1. The topological polar surface area (TPSA) is 59.9 Å². The fraction of sp³-hybridized carbons (Fsp3) is 0.238. The number of hydrogen-bond acceptors (Lipinski definition) is 4. The van der Waals surface area contributed by atoms with Crippen LogP contribution in [-0.4, -0.2) is 25.3 Å². The molecule has 0 aliphatic rings. The summed E-state index contributed by atoms with van der Waals surface area (Å²) in [5, 5.41) is 4.08. The predicted molar refractivity (Wildman–Crippen MR) is 119 cm³/mol. The van der Waals surface area contributed by atoms with Gasteiger partial charge in [0.05, 0.1) is 18.4 Å². The second kappa shape index (κ2) is 11.7. The minimum Gasteiger partial charge on any atom is -0.493 e. The Hall–Kier alpha value is -2.12. The van der Waals surface area contributed by atoms with Crippen LogP contribution in [0, 0.1) is 0 Å². The van der Waals surface area contributed by atoms with Crippen molar-refractivity contribution in [2.75, 3.05) is 13.2 Å². The minimum absolute atomic E-state index is 0.307. The van der Waals surface area contributed by atoms with Gasteiger partial charge in [0, 0.05) is 14.5 Å². The van der Waals surface area contributed by atoms with Crippen molar-refractivity contribution in [3.8, 4) is 11.5 Å². The number of carbonyl (C=O) groups excluding carboxylic acids is 1. The molecule has 2 rings (SSSR count). The average Bonchev–Trinajstić information content (AvgIpc) is 2.68. The van der Waals surface area contributed by atoms with Crippen LogP contribution in [0.4, 0.5) is 0 Å². The molecule has 0 spiro atoms. The van der Waals surface area contributed by atoms with Crippen LogP contribution in [0.25, 0.3) is 0 Å². The Bertz CT molecular complexity index is 854. The third-order valence-corrected chi connectivity index (χ3v) is 4.63. The van der Waals surface area contributed by atoms with Crippen molar-refractivity contribution >= 4 is 44.0 Å². The third-order valence-electron chi connectivity index (χ3n) is 3.64. The molecular formula is C21H22Br2N2O3. The monoisotopic (exact) mass is 508 g/mol. The number of nitrogens with zero attached hydrogens (tertiary/aromatic N) is 1. The number of hydrazone groups is 1. The Morgan fingerprint density at radius 1 is 1.14 bits per heavy atom. The molecule has 2 aromatic carbocycles. The zero-order valence-electron chi connectivity index (χ0n) is 15.6. The Morgan fingerprint density at radius 2 is 1.86 bits per heavy atom. The normalized spacial score (nSPS) is 10.7. The van der Waals surface area contributed by atoms with Crippen LogP contribution in [0.2, 0.25) is 0 Å². The third kappa shape index (κ3) is 6.80. The number of rotatable bonds is 10. The summed E-state index contributed by atoms with van der Waals surface area (Å²) >= 11 is 6.81. The summed E-state index contributed by atoms with van der Waals surface area (Å²) in [5.74, 6) is 0.800. The summed E-state index contributed by atoms with van der Waals surface area (Å²) in [5.41, 5.74) is 3.68. The summed E-state index contributed by atoms with van der Waals surface area (Å²) in [4.78, 5) is 12.5. The first kappa shape index (κ1) is 22.2. The zero-order valence-corrected chi connectivity index (χ0v) is 18.8. The molecule has 0 aromatic heterocycles. The van der Waals surface area contributed by atoms with Gasteiger partial charge in [0.15, 0.2) is 0 Å². The summed E-state index contributed by atoms with van der Waals surface area (Å²) < 4.78 is 13.0. The highest BCUT2D eigenvalue weighted by Gasteiger charge is 2.13. The molecule has 0 saturated carbocycles. The molecule has 28 heavy (non-hydrogen) atoms. The molecule has 1 N–H and O–H groups in total. The van der Waals surface area contributed by atoms with E-state index < -0.39 is 0 Å². The molecule has 0 saturated heterocycles. The SMILES string of the molecule is C=CCOc1ccc(Br)cc1C(=O)NN=Cc1cc(Br)ccc1OCCCC. The van der Waals surface area contributed by atoms with Crippen LogP contribution in [0.3, 0.4) is 0 Å². The lowest BCUT2D eigenvalue weighted by Gasteiger charge is -2.10. The van der Waals surface area contributed by atoms with E-state index >= 15 is 0 Å². The molecular weight excluding hydrogens is 488 g/mol. The molecule has 148 valence electrons. The summed E-state index contributed by atoms with van der Waals surface area (Å²) in [6.45, 7) is 6.67. The van der Waals surface area contributed by atoms with E-state index in [2.05, 4.69) is 55.9 Å². The van der Waals surface area contributed by atoms with Gasteiger partial charge in [0.25, 0.3) is 5.91 Å². The standard InChI is InChI=1S/C21H22Br2N2O3/c1-3-5-11-28-19-8-6-16(22)12-15(19)14-24-25-21(26)18-13-17(23)7-9-20(18)27-10-4-2/h4,6-9,12-14H,2-3,5,10-11H2,1H3,(H,25,26). The lowest BCUT2D eigenvalue weighted by molar-refractivity contribution is 0.0951. The van der Waals surface area contributed by atoms with Crippen LogP contribution in [0.1, 0.15) is 35.7 Å². The molecule has 0 bridgehead atoms. The average molecular weight is 510 g/mol. The number of benzene rings is 2. The first-order valence-electron chi connectivity index (χ1n) is 8.84. The summed E-state index contributed by atoms with van der Waals surface area (Å²) in [7, 11) is 0. The second-order valence-corrected chi connectivity index (χ2v) is 7.65. The van der Waals surface area contributed by atoms with Gasteiger partial charge in [-0.3, -0.25) is 4.79 Å². The molecule has 0 atom stereocenters. The molecule has 0 fully saturated rings. The van der Waals surface area contributed by atoms with Crippen molar-refractivity contribution in [3.05, 3.63) is 69.1 Å². The Kier molecular flexibility index (Phi) is 9.23. The zero-order chi connectivity index (χ0) is 20.4. The number of carbonyl (C=O) groups is 1. The highest BCUT2D eigenvalue weighted by molar-refractivity contribution is 9.10. The maximum atomic E-state index is 12.5. The highest BCUT2D eigenvalue weighted by Crippen LogP contribution is 2.24. The van der Waals surface area contributed by atoms with E-state index in [0.29, 0.717) is 30.3 Å². The van der Waals surface area contributed by atoms with Crippen molar-refractivity contribution < 1.29 is 14.3 Å². The lowest BCUT2D eigenvalue weighted by Crippen LogP contribution is -2.19. The van der Waals surface area contributed by atoms with E-state index in [1.165, 1.54) is 0 Å². The van der Waals surface area contributed by atoms with Gasteiger partial charge in [0.1, 0.15) is 18.1 Å². The van der Waals surface area contributed by atoms with E-state index in [9.17, 15) is 4.79 Å². The van der Waals surface area contributed by atoms with Crippen LogP contribution in [0.15, 0.2) is 63.1 Å². The fourth-order valence-corrected chi connectivity index (χ4v) is 2.99. The van der Waals surface area contributed by atoms with E-state index in [0.717, 1.165) is 27.4 Å². The molecule has 5 nitrogen and oxygen atoms in total. The second-order valence-electron chi connectivity index (χ2n) is 5.82. The highest BCUT2D eigenvalue weighted by atomic mass is 79.9. The quantitative estimate of drug-likeness (QED) is 0.193. The Labute approximate surface area is 182 Å². The number of halogens is 2. The van der Waals surface area contributed by atoms with Crippen LogP contribution < -0.4 is 14.9 Å². The van der Waals surface area contributed by atoms with Gasteiger partial charge in [-0.05, 0) is 42.8 Å². The molecule has 0 radical (unpaired) electrons. The summed E-state index contributed by atoms with van der Waals surface area (Å²) in [6, 6.07) is 10.9. The molecule has 0 unspecified atom stereocenters. The van der Waals surface area contributed by atoms with Crippen molar-refractivity contribution in [1.29, 1.82) is 0 Å². The first-order chi connectivity index (χ1) is 13.5. The first-order valence-corrected chi connectivity index (χ1v) is 10.4. The summed E-state index contributed by atoms with van der Waals surface area (Å²) in [6.07, 6.45) is 5.21. The van der Waals surface area contributed by atoms with Gasteiger partial charge < -0.3 is 9.47 Å². The van der Waals surface area contributed by atoms with Crippen molar-refractivity contribution in [2.24, 2.45) is 5.10 Å². The molecule has 0 heterocycles. The molecule has 0 aliphatic carbocycles. The van der Waals surface area contributed by atoms with E-state index in [-0.39, 0.29) is 5.91 Å². The minimum atomic E-state index is -0.375. The van der Waals surface area contributed by atoms with Gasteiger partial charge in [-0.25, -0.2) is 5.43 Å². The molecule has 2 aromatic rings. The number of nitrogens with one attached hydrogen (secondary N) is 1. The Morgan fingerprint density at radius 3 is 2.57 bits per heavy atom. The van der Waals surface area contributed by atoms with E-state index in [1.54, 1.807) is 30.5 Å². The van der Waals surface area contributed by atoms with E-state index in [4.69, 9.17) is 9.47 Å². The maximum Gasteiger partial charge on any atom is 0.275 e. The van der Waals surface area contributed by atoms with Gasteiger partial charge >= 0.3 is 0 Å². The molecule has 7 heteroatoms. The van der Waals surface area contributed by atoms with Crippen molar-refractivity contribution in [3.63, 3.8) is 0 Å². The molecule has 0 aliphatic heterocycles. The predicted octanol–water partition coefficient (Wildman–Crippen LogP) is 5.72. The smallest absolute Gasteiger partial charge is 0.275 e. The van der Waals surface area contributed by atoms with Crippen molar-refractivity contribution in [2.45, 2.75) is 19.8 Å². The van der Waals surface area contributed by atoms with Crippen molar-refractivity contribution in [1.82, 2.24) is 5.43 Å². The van der Waals surface area contributed by atoms with Crippen LogP contribution in [-0.2, 0) is 0 Å².